The number of aliphatic carboxylic acids is 1. The van der Waals surface area contributed by atoms with Crippen molar-refractivity contribution >= 4 is 11.9 Å². The van der Waals surface area contributed by atoms with Gasteiger partial charge in [-0.3, -0.25) is 4.79 Å². The number of carboxylic acid groups (broad SMARTS) is 1. The van der Waals surface area contributed by atoms with Crippen LogP contribution in [0, 0.1) is 0 Å². The molecule has 3 rings (SSSR count). The number of carboxylic acids is 1. The molecule has 130 valence electrons. The van der Waals surface area contributed by atoms with Gasteiger partial charge in [-0.2, -0.15) is 0 Å². The number of hydrogen-bond donors (Lipinski definition) is 1. The first-order valence-corrected chi connectivity index (χ1v) is 8.12. The smallest absolute Gasteiger partial charge is 0.334 e. The van der Waals surface area contributed by atoms with Gasteiger partial charge in [0.1, 0.15) is 12.4 Å². The van der Waals surface area contributed by atoms with Gasteiger partial charge in [-0.05, 0) is 25.0 Å². The topological polar surface area (TPSA) is 85.3 Å². The van der Waals surface area contributed by atoms with Gasteiger partial charge >= 0.3 is 5.97 Å². The highest BCUT2D eigenvalue weighted by atomic mass is 16.5. The molecule has 2 saturated heterocycles. The lowest BCUT2D eigenvalue weighted by Gasteiger charge is -2.31. The Hall–Kier alpha value is -2.12. The molecular weight excluding hydrogens is 314 g/mol. The fraction of sp³-hybridized carbons (Fsp3) is 0.529. The first kappa shape index (κ1) is 16.7. The first-order valence-electron chi connectivity index (χ1n) is 8.12. The second-order valence-corrected chi connectivity index (χ2v) is 5.89. The molecule has 0 radical (unpaired) electrons. The average molecular weight is 335 g/mol. The minimum atomic E-state index is -1.06. The summed E-state index contributed by atoms with van der Waals surface area (Å²) >= 11 is 0. The number of hydrogen-bond acceptors (Lipinski definition) is 5. The number of benzene rings is 1. The monoisotopic (exact) mass is 335 g/mol. The predicted molar refractivity (Wildman–Crippen MR) is 84.2 cm³/mol. The van der Waals surface area contributed by atoms with Crippen molar-refractivity contribution < 1.29 is 28.9 Å². The van der Waals surface area contributed by atoms with Gasteiger partial charge in [-0.1, -0.05) is 12.1 Å². The van der Waals surface area contributed by atoms with Crippen LogP contribution in [0.3, 0.4) is 0 Å². The zero-order valence-corrected chi connectivity index (χ0v) is 13.3. The molecule has 0 bridgehead atoms. The summed E-state index contributed by atoms with van der Waals surface area (Å²) in [4.78, 5) is 25.3. The molecule has 0 aliphatic carbocycles. The van der Waals surface area contributed by atoms with Crippen LogP contribution < -0.4 is 4.74 Å². The van der Waals surface area contributed by atoms with Crippen LogP contribution in [-0.4, -0.2) is 67.0 Å². The Kier molecular flexibility index (Phi) is 5.32. The minimum Gasteiger partial charge on any atom is -0.490 e. The number of amides is 1. The third-order valence-electron chi connectivity index (χ3n) is 4.20. The van der Waals surface area contributed by atoms with Crippen LogP contribution in [0.15, 0.2) is 24.3 Å². The van der Waals surface area contributed by atoms with E-state index < -0.39 is 12.1 Å². The molecule has 2 heterocycles. The van der Waals surface area contributed by atoms with Gasteiger partial charge in [0.15, 0.2) is 6.10 Å². The number of carbonyl (C=O) groups excluding carboxylic acids is 1. The summed E-state index contributed by atoms with van der Waals surface area (Å²) in [6.45, 7) is 1.77. The van der Waals surface area contributed by atoms with Crippen molar-refractivity contribution in [3.05, 3.63) is 29.8 Å². The largest absolute Gasteiger partial charge is 0.490 e. The molecule has 1 N–H and O–H groups in total. The predicted octanol–water partition coefficient (Wildman–Crippen LogP) is 1.17. The standard InChI is InChI=1S/C17H21NO6/c19-16(18-7-9-23-15(10-18)17(20)21)13-5-1-2-6-14(13)24-11-12-4-3-8-22-12/h1-2,5-6,12,15H,3-4,7-11H2,(H,20,21)/t12-,15-/m1/s1. The molecule has 0 aromatic heterocycles. The molecule has 1 aromatic carbocycles. The van der Waals surface area contributed by atoms with E-state index in [4.69, 9.17) is 19.3 Å². The molecular formula is C17H21NO6. The van der Waals surface area contributed by atoms with Gasteiger partial charge < -0.3 is 24.2 Å². The van der Waals surface area contributed by atoms with Crippen LogP contribution in [0.25, 0.3) is 0 Å². The molecule has 7 heteroatoms. The number of ether oxygens (including phenoxy) is 3. The number of morpholine rings is 1. The van der Waals surface area contributed by atoms with Crippen LogP contribution in [0.5, 0.6) is 5.75 Å². The Balaban J connectivity index is 1.68. The summed E-state index contributed by atoms with van der Waals surface area (Å²) in [5, 5.41) is 9.07. The van der Waals surface area contributed by atoms with Crippen LogP contribution >= 0.6 is 0 Å². The number of para-hydroxylation sites is 1. The van der Waals surface area contributed by atoms with Crippen molar-refractivity contribution in [2.75, 3.05) is 32.9 Å². The number of nitrogens with zero attached hydrogens (tertiary/aromatic N) is 1. The molecule has 7 nitrogen and oxygen atoms in total. The molecule has 0 spiro atoms. The van der Waals surface area contributed by atoms with Crippen molar-refractivity contribution in [1.29, 1.82) is 0 Å². The maximum absolute atomic E-state index is 12.8. The summed E-state index contributed by atoms with van der Waals surface area (Å²) in [6.07, 6.45) is 1.06. The normalized spacial score (nSPS) is 23.9. The maximum Gasteiger partial charge on any atom is 0.334 e. The van der Waals surface area contributed by atoms with E-state index in [2.05, 4.69) is 0 Å². The van der Waals surface area contributed by atoms with Gasteiger partial charge in [0.25, 0.3) is 5.91 Å². The Morgan fingerprint density at radius 2 is 2.08 bits per heavy atom. The molecule has 24 heavy (non-hydrogen) atoms. The maximum atomic E-state index is 12.8. The molecule has 2 aliphatic heterocycles. The van der Waals surface area contributed by atoms with Gasteiger partial charge in [0.05, 0.1) is 24.8 Å². The summed E-state index contributed by atoms with van der Waals surface area (Å²) in [5.74, 6) is -0.806. The van der Waals surface area contributed by atoms with Gasteiger partial charge in [0, 0.05) is 13.2 Å². The number of rotatable bonds is 5. The fourth-order valence-electron chi connectivity index (χ4n) is 2.88. The minimum absolute atomic E-state index is 0.0359. The van der Waals surface area contributed by atoms with E-state index in [0.29, 0.717) is 24.5 Å². The third kappa shape index (κ3) is 3.85. The quantitative estimate of drug-likeness (QED) is 0.869. The summed E-state index contributed by atoms with van der Waals surface area (Å²) in [7, 11) is 0. The van der Waals surface area contributed by atoms with E-state index in [1.807, 2.05) is 0 Å². The third-order valence-corrected chi connectivity index (χ3v) is 4.20. The second kappa shape index (κ2) is 7.63. The SMILES string of the molecule is O=C(O)[C@H]1CN(C(=O)c2ccccc2OC[C@H]2CCCO2)CCO1. The van der Waals surface area contributed by atoms with E-state index in [0.717, 1.165) is 19.4 Å². The molecule has 1 amide bonds. The van der Waals surface area contributed by atoms with Gasteiger partial charge in [-0.15, -0.1) is 0 Å². The summed E-state index contributed by atoms with van der Waals surface area (Å²) in [5.41, 5.74) is 0.432. The highest BCUT2D eigenvalue weighted by Gasteiger charge is 2.30. The zero-order chi connectivity index (χ0) is 16.9. The zero-order valence-electron chi connectivity index (χ0n) is 13.3. The van der Waals surface area contributed by atoms with Crippen molar-refractivity contribution in [2.24, 2.45) is 0 Å². The highest BCUT2D eigenvalue weighted by molar-refractivity contribution is 5.97. The van der Waals surface area contributed by atoms with Crippen molar-refractivity contribution in [2.45, 2.75) is 25.0 Å². The summed E-state index contributed by atoms with van der Waals surface area (Å²) in [6, 6.07) is 7.01. The van der Waals surface area contributed by atoms with E-state index in [1.54, 1.807) is 24.3 Å². The highest BCUT2D eigenvalue weighted by Crippen LogP contribution is 2.23. The lowest BCUT2D eigenvalue weighted by Crippen LogP contribution is -2.48. The van der Waals surface area contributed by atoms with E-state index in [9.17, 15) is 9.59 Å². The van der Waals surface area contributed by atoms with E-state index >= 15 is 0 Å². The molecule has 0 unspecified atom stereocenters. The fourth-order valence-corrected chi connectivity index (χ4v) is 2.88. The first-order chi connectivity index (χ1) is 11.6. The van der Waals surface area contributed by atoms with Crippen LogP contribution in [0.1, 0.15) is 23.2 Å². The van der Waals surface area contributed by atoms with Gasteiger partial charge in [0.2, 0.25) is 0 Å². The molecule has 1 aromatic rings. The average Bonchev–Trinajstić information content (AvgIpc) is 3.13. The van der Waals surface area contributed by atoms with Gasteiger partial charge in [-0.25, -0.2) is 4.79 Å². The van der Waals surface area contributed by atoms with Crippen LogP contribution in [0.2, 0.25) is 0 Å². The molecule has 2 atom stereocenters. The van der Waals surface area contributed by atoms with Crippen molar-refractivity contribution in [1.82, 2.24) is 4.90 Å². The van der Waals surface area contributed by atoms with E-state index in [1.165, 1.54) is 4.90 Å². The Bertz CT molecular complexity index is 598. The second-order valence-electron chi connectivity index (χ2n) is 5.89. The Morgan fingerprint density at radius 1 is 1.25 bits per heavy atom. The molecule has 2 aliphatic rings. The van der Waals surface area contributed by atoms with E-state index in [-0.39, 0.29) is 25.2 Å². The molecule has 2 fully saturated rings. The van der Waals surface area contributed by atoms with Crippen molar-refractivity contribution in [3.8, 4) is 5.75 Å². The van der Waals surface area contributed by atoms with Crippen LogP contribution in [0.4, 0.5) is 0 Å². The van der Waals surface area contributed by atoms with Crippen LogP contribution in [-0.2, 0) is 14.3 Å². The number of carbonyl (C=O) groups is 2. The lowest BCUT2D eigenvalue weighted by atomic mass is 10.1. The lowest BCUT2D eigenvalue weighted by molar-refractivity contribution is -0.154. The molecule has 0 saturated carbocycles. The Labute approximate surface area is 140 Å². The summed E-state index contributed by atoms with van der Waals surface area (Å²) < 4.78 is 16.5. The van der Waals surface area contributed by atoms with Crippen molar-refractivity contribution in [3.63, 3.8) is 0 Å². The Morgan fingerprint density at radius 3 is 2.83 bits per heavy atom.